The van der Waals surface area contributed by atoms with Gasteiger partial charge in [-0.2, -0.15) is 9.61 Å². The Kier molecular flexibility index (Phi) is 5.03. The van der Waals surface area contributed by atoms with Gasteiger partial charge in [0.1, 0.15) is 11.6 Å². The zero-order chi connectivity index (χ0) is 17.1. The van der Waals surface area contributed by atoms with Crippen molar-refractivity contribution in [1.29, 1.82) is 0 Å². The molecule has 0 aliphatic carbocycles. The summed E-state index contributed by atoms with van der Waals surface area (Å²) in [5.41, 5.74) is 0.453. The van der Waals surface area contributed by atoms with Crippen LogP contribution in [0, 0.1) is 0 Å². The summed E-state index contributed by atoms with van der Waals surface area (Å²) in [6.45, 7) is 0.212. The van der Waals surface area contributed by atoms with Gasteiger partial charge in [0.25, 0.3) is 5.56 Å². The van der Waals surface area contributed by atoms with E-state index >= 15 is 0 Å². The maximum absolute atomic E-state index is 12.1. The lowest BCUT2D eigenvalue weighted by Gasteiger charge is -2.05. The van der Waals surface area contributed by atoms with E-state index in [1.807, 2.05) is 0 Å². The highest BCUT2D eigenvalue weighted by Crippen LogP contribution is 2.17. The van der Waals surface area contributed by atoms with E-state index in [1.54, 1.807) is 31.4 Å². The molecule has 0 saturated carbocycles. The fraction of sp³-hybridized carbons (Fsp3) is 0.200. The minimum atomic E-state index is -0.492. The molecule has 3 rings (SSSR count). The quantitative estimate of drug-likeness (QED) is 0.601. The summed E-state index contributed by atoms with van der Waals surface area (Å²) in [7, 11) is 1.55. The number of fused-ring (bicyclic) bond motifs is 1. The number of esters is 1. The van der Waals surface area contributed by atoms with Gasteiger partial charge in [-0.3, -0.25) is 4.79 Å². The molecule has 9 heteroatoms. The number of benzene rings is 1. The zero-order valence-electron chi connectivity index (χ0n) is 12.6. The average Bonchev–Trinajstić information content (AvgIpc) is 2.96. The van der Waals surface area contributed by atoms with Gasteiger partial charge < -0.3 is 9.47 Å². The van der Waals surface area contributed by atoms with Crippen LogP contribution in [-0.2, 0) is 22.7 Å². The molecule has 124 valence electrons. The Morgan fingerprint density at radius 2 is 2.12 bits per heavy atom. The van der Waals surface area contributed by atoms with Crippen molar-refractivity contribution in [2.75, 3.05) is 7.11 Å². The predicted molar refractivity (Wildman–Crippen MR) is 91.1 cm³/mol. The average molecular weight is 410 g/mol. The minimum Gasteiger partial charge on any atom is -0.456 e. The summed E-state index contributed by atoms with van der Waals surface area (Å²) in [5, 5.41) is 4.76. The molecule has 3 aromatic rings. The number of carbonyl (C=O) groups excluding carboxylic acids is 1. The lowest BCUT2D eigenvalue weighted by atomic mass is 10.2. The van der Waals surface area contributed by atoms with Gasteiger partial charge in [-0.25, -0.2) is 9.78 Å². The van der Waals surface area contributed by atoms with Gasteiger partial charge >= 0.3 is 5.97 Å². The molecule has 2 heterocycles. The molecular formula is C15H12BrN3O4S. The number of carbonyl (C=O) groups is 1. The van der Waals surface area contributed by atoms with Crippen molar-refractivity contribution in [3.05, 3.63) is 61.4 Å². The first-order valence-electron chi connectivity index (χ1n) is 6.88. The van der Waals surface area contributed by atoms with Gasteiger partial charge in [-0.1, -0.05) is 23.5 Å². The van der Waals surface area contributed by atoms with Crippen LogP contribution in [0.4, 0.5) is 0 Å². The Balaban J connectivity index is 1.79. The maximum atomic E-state index is 12.1. The molecule has 7 nitrogen and oxygen atoms in total. The second-order valence-electron chi connectivity index (χ2n) is 4.76. The van der Waals surface area contributed by atoms with Crippen LogP contribution in [0.25, 0.3) is 4.96 Å². The third-order valence-corrected chi connectivity index (χ3v) is 4.63. The number of rotatable bonds is 5. The standard InChI is InChI=1S/C15H12BrN3O4S/c1-22-8-12-18-19-13(20)6-9(17-15(19)24-12)7-23-14(21)10-4-2-3-5-11(10)16/h2-6H,7-8H2,1H3. The molecule has 2 aromatic heterocycles. The predicted octanol–water partition coefficient (Wildman–Crippen LogP) is 2.42. The lowest BCUT2D eigenvalue weighted by Crippen LogP contribution is -2.16. The van der Waals surface area contributed by atoms with Crippen LogP contribution in [0.15, 0.2) is 39.6 Å². The summed E-state index contributed by atoms with van der Waals surface area (Å²) < 4.78 is 12.1. The van der Waals surface area contributed by atoms with Gasteiger partial charge in [0.05, 0.1) is 17.9 Å². The van der Waals surface area contributed by atoms with E-state index in [9.17, 15) is 9.59 Å². The SMILES string of the molecule is COCc1nn2c(=O)cc(COC(=O)c3ccccc3Br)nc2s1. The van der Waals surface area contributed by atoms with Crippen molar-refractivity contribution < 1.29 is 14.3 Å². The minimum absolute atomic E-state index is 0.0938. The van der Waals surface area contributed by atoms with E-state index in [4.69, 9.17) is 9.47 Å². The number of hydrogen-bond donors (Lipinski definition) is 0. The highest BCUT2D eigenvalue weighted by Gasteiger charge is 2.13. The van der Waals surface area contributed by atoms with Crippen LogP contribution in [0.3, 0.4) is 0 Å². The van der Waals surface area contributed by atoms with Gasteiger partial charge in [0.15, 0.2) is 0 Å². The van der Waals surface area contributed by atoms with Crippen LogP contribution in [0.1, 0.15) is 21.1 Å². The van der Waals surface area contributed by atoms with Gasteiger partial charge in [0, 0.05) is 17.6 Å². The van der Waals surface area contributed by atoms with E-state index in [-0.39, 0.29) is 12.2 Å². The first kappa shape index (κ1) is 16.7. The molecule has 0 fully saturated rings. The third-order valence-electron chi connectivity index (χ3n) is 3.05. The van der Waals surface area contributed by atoms with Crippen LogP contribution < -0.4 is 5.56 Å². The highest BCUT2D eigenvalue weighted by atomic mass is 79.9. The number of ether oxygens (including phenoxy) is 2. The maximum Gasteiger partial charge on any atom is 0.339 e. The molecule has 0 spiro atoms. The molecule has 0 atom stereocenters. The smallest absolute Gasteiger partial charge is 0.339 e. The summed E-state index contributed by atoms with van der Waals surface area (Å²) in [5.74, 6) is -0.492. The molecule has 0 radical (unpaired) electrons. The molecule has 0 bridgehead atoms. The van der Waals surface area contributed by atoms with Crippen molar-refractivity contribution >= 4 is 38.2 Å². The van der Waals surface area contributed by atoms with Crippen molar-refractivity contribution in [2.45, 2.75) is 13.2 Å². The van der Waals surface area contributed by atoms with Crippen molar-refractivity contribution in [2.24, 2.45) is 0 Å². The number of hydrogen-bond acceptors (Lipinski definition) is 7. The molecule has 0 unspecified atom stereocenters. The summed E-state index contributed by atoms with van der Waals surface area (Å²) in [6.07, 6.45) is 0. The number of aromatic nitrogens is 3. The third kappa shape index (κ3) is 3.53. The topological polar surface area (TPSA) is 82.8 Å². The van der Waals surface area contributed by atoms with Crippen LogP contribution in [-0.4, -0.2) is 27.7 Å². The van der Waals surface area contributed by atoms with Gasteiger partial charge in [0.2, 0.25) is 4.96 Å². The first-order chi connectivity index (χ1) is 11.6. The van der Waals surface area contributed by atoms with E-state index in [0.29, 0.717) is 32.3 Å². The number of nitrogens with zero attached hydrogens (tertiary/aromatic N) is 3. The Morgan fingerprint density at radius 1 is 1.33 bits per heavy atom. The molecule has 0 amide bonds. The van der Waals surface area contributed by atoms with Crippen molar-refractivity contribution in [3.8, 4) is 0 Å². The van der Waals surface area contributed by atoms with Crippen LogP contribution in [0.2, 0.25) is 0 Å². The van der Waals surface area contributed by atoms with E-state index in [0.717, 1.165) is 0 Å². The zero-order valence-corrected chi connectivity index (χ0v) is 15.0. The first-order valence-corrected chi connectivity index (χ1v) is 8.48. The second-order valence-corrected chi connectivity index (χ2v) is 6.66. The Morgan fingerprint density at radius 3 is 2.88 bits per heavy atom. The van der Waals surface area contributed by atoms with E-state index in [2.05, 4.69) is 26.0 Å². The van der Waals surface area contributed by atoms with Gasteiger partial charge in [-0.15, -0.1) is 0 Å². The largest absolute Gasteiger partial charge is 0.456 e. The normalized spacial score (nSPS) is 10.9. The fourth-order valence-electron chi connectivity index (χ4n) is 2.00. The second kappa shape index (κ2) is 7.20. The summed E-state index contributed by atoms with van der Waals surface area (Å²) in [4.78, 5) is 28.9. The number of halogens is 1. The lowest BCUT2D eigenvalue weighted by molar-refractivity contribution is 0.0466. The fourth-order valence-corrected chi connectivity index (χ4v) is 3.33. The molecule has 1 aromatic carbocycles. The molecule has 0 N–H and O–H groups in total. The Labute approximate surface area is 149 Å². The monoisotopic (exact) mass is 409 g/mol. The molecule has 0 aliphatic heterocycles. The van der Waals surface area contributed by atoms with Gasteiger partial charge in [-0.05, 0) is 28.1 Å². The molecule has 0 aliphatic rings. The Hall–Kier alpha value is -2.10. The summed E-state index contributed by atoms with van der Waals surface area (Å²) >= 11 is 4.55. The molecule has 24 heavy (non-hydrogen) atoms. The molecule has 0 saturated heterocycles. The van der Waals surface area contributed by atoms with Crippen molar-refractivity contribution in [3.63, 3.8) is 0 Å². The van der Waals surface area contributed by atoms with E-state index < -0.39 is 5.97 Å². The van der Waals surface area contributed by atoms with E-state index in [1.165, 1.54) is 21.9 Å². The van der Waals surface area contributed by atoms with Crippen LogP contribution >= 0.6 is 27.3 Å². The van der Waals surface area contributed by atoms with Crippen molar-refractivity contribution in [1.82, 2.24) is 14.6 Å². The Bertz CT molecular complexity index is 953. The summed E-state index contributed by atoms with van der Waals surface area (Å²) in [6, 6.07) is 8.25. The number of methoxy groups -OCH3 is 1. The van der Waals surface area contributed by atoms with Crippen LogP contribution in [0.5, 0.6) is 0 Å². The molecular weight excluding hydrogens is 398 g/mol. The highest BCUT2D eigenvalue weighted by molar-refractivity contribution is 9.10.